The van der Waals surface area contributed by atoms with Gasteiger partial charge in [-0.3, -0.25) is 0 Å². The molecule has 0 bridgehead atoms. The van der Waals surface area contributed by atoms with Crippen LogP contribution < -0.4 is 0 Å². The molecule has 0 aromatic heterocycles. The number of hydrogen-bond donors (Lipinski definition) is 0. The molecule has 1 aromatic rings. The molecule has 2 nitrogen and oxygen atoms in total. The average molecular weight is 244 g/mol. The standard InChI is InChI=1S/C16H20O2/c1-13-7-5-6-8-14(13)11-12-16(17)18-15-9-3-2-4-10-15/h5-8,11-12,15H,2-4,9-10H2,1H3/b12-11+. The molecule has 1 aromatic carbocycles. The molecule has 0 radical (unpaired) electrons. The van der Waals surface area contributed by atoms with Crippen LogP contribution in [0.15, 0.2) is 30.3 Å². The number of rotatable bonds is 3. The summed E-state index contributed by atoms with van der Waals surface area (Å²) in [4.78, 5) is 11.7. The third-order valence-electron chi connectivity index (χ3n) is 3.42. The normalized spacial score (nSPS) is 16.9. The van der Waals surface area contributed by atoms with Crippen molar-refractivity contribution in [2.75, 3.05) is 0 Å². The Morgan fingerprint density at radius 2 is 1.94 bits per heavy atom. The lowest BCUT2D eigenvalue weighted by atomic mass is 9.98. The first-order valence-electron chi connectivity index (χ1n) is 6.70. The zero-order chi connectivity index (χ0) is 12.8. The van der Waals surface area contributed by atoms with E-state index in [1.165, 1.54) is 30.9 Å². The van der Waals surface area contributed by atoms with Gasteiger partial charge in [0.1, 0.15) is 6.10 Å². The van der Waals surface area contributed by atoms with Gasteiger partial charge in [0.25, 0.3) is 0 Å². The summed E-state index contributed by atoms with van der Waals surface area (Å²) < 4.78 is 5.43. The second kappa shape index (κ2) is 6.39. The smallest absolute Gasteiger partial charge is 0.331 e. The number of esters is 1. The maximum absolute atomic E-state index is 11.7. The molecule has 1 fully saturated rings. The van der Waals surface area contributed by atoms with Crippen molar-refractivity contribution in [2.24, 2.45) is 0 Å². The minimum absolute atomic E-state index is 0.132. The molecule has 96 valence electrons. The topological polar surface area (TPSA) is 26.3 Å². The zero-order valence-corrected chi connectivity index (χ0v) is 10.9. The Morgan fingerprint density at radius 3 is 2.67 bits per heavy atom. The largest absolute Gasteiger partial charge is 0.459 e. The Bertz CT molecular complexity index is 428. The Hall–Kier alpha value is -1.57. The molecule has 1 saturated carbocycles. The van der Waals surface area contributed by atoms with Gasteiger partial charge in [-0.05, 0) is 49.8 Å². The molecule has 0 aliphatic heterocycles. The Labute approximate surface area is 109 Å². The minimum atomic E-state index is -0.217. The van der Waals surface area contributed by atoms with Crippen molar-refractivity contribution in [3.05, 3.63) is 41.5 Å². The average Bonchev–Trinajstić information content (AvgIpc) is 2.39. The van der Waals surface area contributed by atoms with Crippen LogP contribution in [-0.4, -0.2) is 12.1 Å². The molecular formula is C16H20O2. The first-order valence-corrected chi connectivity index (χ1v) is 6.70. The molecule has 0 saturated heterocycles. The van der Waals surface area contributed by atoms with E-state index in [9.17, 15) is 4.79 Å². The van der Waals surface area contributed by atoms with Gasteiger partial charge in [-0.25, -0.2) is 4.79 Å². The maximum atomic E-state index is 11.7. The van der Waals surface area contributed by atoms with Crippen LogP contribution in [0.2, 0.25) is 0 Å². The van der Waals surface area contributed by atoms with E-state index < -0.39 is 0 Å². The lowest BCUT2D eigenvalue weighted by Gasteiger charge is -2.20. The fourth-order valence-corrected chi connectivity index (χ4v) is 2.32. The summed E-state index contributed by atoms with van der Waals surface area (Å²) >= 11 is 0. The highest BCUT2D eigenvalue weighted by molar-refractivity contribution is 5.87. The number of aryl methyl sites for hydroxylation is 1. The second-order valence-electron chi connectivity index (χ2n) is 4.89. The lowest BCUT2D eigenvalue weighted by Crippen LogP contribution is -2.19. The van der Waals surface area contributed by atoms with Crippen molar-refractivity contribution in [3.63, 3.8) is 0 Å². The number of carbonyl (C=O) groups is 1. The van der Waals surface area contributed by atoms with Gasteiger partial charge in [0.05, 0.1) is 0 Å². The summed E-state index contributed by atoms with van der Waals surface area (Å²) in [6, 6.07) is 8.00. The molecule has 2 rings (SSSR count). The van der Waals surface area contributed by atoms with Gasteiger partial charge in [-0.2, -0.15) is 0 Å². The van der Waals surface area contributed by atoms with Crippen molar-refractivity contribution >= 4 is 12.0 Å². The summed E-state index contributed by atoms with van der Waals surface area (Å²) in [7, 11) is 0. The summed E-state index contributed by atoms with van der Waals surface area (Å²) in [6.45, 7) is 2.03. The fourth-order valence-electron chi connectivity index (χ4n) is 2.32. The van der Waals surface area contributed by atoms with Crippen molar-refractivity contribution in [1.82, 2.24) is 0 Å². The number of benzene rings is 1. The van der Waals surface area contributed by atoms with Gasteiger partial charge in [-0.15, -0.1) is 0 Å². The lowest BCUT2D eigenvalue weighted by molar-refractivity contribution is -0.144. The van der Waals surface area contributed by atoms with Crippen LogP contribution in [0.4, 0.5) is 0 Å². The highest BCUT2D eigenvalue weighted by Gasteiger charge is 2.16. The van der Waals surface area contributed by atoms with Crippen LogP contribution in [-0.2, 0) is 9.53 Å². The van der Waals surface area contributed by atoms with E-state index in [1.54, 1.807) is 0 Å². The van der Waals surface area contributed by atoms with Crippen molar-refractivity contribution in [1.29, 1.82) is 0 Å². The van der Waals surface area contributed by atoms with Gasteiger partial charge < -0.3 is 4.74 Å². The van der Waals surface area contributed by atoms with Gasteiger partial charge in [0.15, 0.2) is 0 Å². The minimum Gasteiger partial charge on any atom is -0.459 e. The first-order chi connectivity index (χ1) is 8.75. The van der Waals surface area contributed by atoms with Crippen LogP contribution in [0.3, 0.4) is 0 Å². The van der Waals surface area contributed by atoms with E-state index in [0.717, 1.165) is 18.4 Å². The SMILES string of the molecule is Cc1ccccc1/C=C/C(=O)OC1CCCCC1. The number of ether oxygens (including phenoxy) is 1. The van der Waals surface area contributed by atoms with E-state index in [4.69, 9.17) is 4.74 Å². The molecule has 2 heteroatoms. The number of carbonyl (C=O) groups excluding carboxylic acids is 1. The van der Waals surface area contributed by atoms with E-state index in [0.29, 0.717) is 0 Å². The summed E-state index contributed by atoms with van der Waals surface area (Å²) in [6.07, 6.45) is 9.17. The van der Waals surface area contributed by atoms with Crippen LogP contribution in [0.5, 0.6) is 0 Å². The monoisotopic (exact) mass is 244 g/mol. The summed E-state index contributed by atoms with van der Waals surface area (Å²) in [5.74, 6) is -0.217. The van der Waals surface area contributed by atoms with Crippen molar-refractivity contribution < 1.29 is 9.53 Å². The van der Waals surface area contributed by atoms with Crippen molar-refractivity contribution in [3.8, 4) is 0 Å². The highest BCUT2D eigenvalue weighted by Crippen LogP contribution is 2.20. The molecule has 0 heterocycles. The second-order valence-corrected chi connectivity index (χ2v) is 4.89. The maximum Gasteiger partial charge on any atom is 0.331 e. The van der Waals surface area contributed by atoms with Crippen LogP contribution in [0.25, 0.3) is 6.08 Å². The van der Waals surface area contributed by atoms with Gasteiger partial charge in [-0.1, -0.05) is 30.7 Å². The van der Waals surface area contributed by atoms with E-state index in [2.05, 4.69) is 0 Å². The third-order valence-corrected chi connectivity index (χ3v) is 3.42. The quantitative estimate of drug-likeness (QED) is 0.595. The predicted octanol–water partition coefficient (Wildman–Crippen LogP) is 3.88. The van der Waals surface area contributed by atoms with Crippen molar-refractivity contribution in [2.45, 2.75) is 45.1 Å². The van der Waals surface area contributed by atoms with Crippen LogP contribution >= 0.6 is 0 Å². The number of hydrogen-bond acceptors (Lipinski definition) is 2. The Kier molecular flexibility index (Phi) is 4.57. The van der Waals surface area contributed by atoms with Crippen LogP contribution in [0, 0.1) is 6.92 Å². The third kappa shape index (κ3) is 3.73. The molecule has 0 unspecified atom stereocenters. The molecule has 1 aliphatic rings. The Morgan fingerprint density at radius 1 is 1.22 bits per heavy atom. The molecule has 0 atom stereocenters. The molecule has 0 N–H and O–H groups in total. The molecular weight excluding hydrogens is 224 g/mol. The van der Waals surface area contributed by atoms with E-state index in [-0.39, 0.29) is 12.1 Å². The van der Waals surface area contributed by atoms with Gasteiger partial charge >= 0.3 is 5.97 Å². The molecule has 0 spiro atoms. The summed E-state index contributed by atoms with van der Waals surface area (Å²) in [5, 5.41) is 0. The molecule has 18 heavy (non-hydrogen) atoms. The first kappa shape index (κ1) is 12.9. The Balaban J connectivity index is 1.88. The van der Waals surface area contributed by atoms with E-state index in [1.807, 2.05) is 37.3 Å². The van der Waals surface area contributed by atoms with Gasteiger partial charge in [0, 0.05) is 6.08 Å². The molecule has 1 aliphatic carbocycles. The van der Waals surface area contributed by atoms with Gasteiger partial charge in [0.2, 0.25) is 0 Å². The predicted molar refractivity (Wildman–Crippen MR) is 73.2 cm³/mol. The zero-order valence-electron chi connectivity index (χ0n) is 10.9. The van der Waals surface area contributed by atoms with Crippen LogP contribution in [0.1, 0.15) is 43.2 Å². The molecule has 0 amide bonds. The summed E-state index contributed by atoms with van der Waals surface area (Å²) in [5.41, 5.74) is 2.23. The van der Waals surface area contributed by atoms with E-state index >= 15 is 0 Å². The highest BCUT2D eigenvalue weighted by atomic mass is 16.5. The fraction of sp³-hybridized carbons (Fsp3) is 0.438.